The van der Waals surface area contributed by atoms with Crippen LogP contribution in [0.5, 0.6) is 0 Å². The number of hydrogen-bond acceptors (Lipinski definition) is 4. The molecule has 6 aromatic carbocycles. The van der Waals surface area contributed by atoms with Crippen molar-refractivity contribution in [3.63, 3.8) is 0 Å². The highest BCUT2D eigenvalue weighted by Gasteiger charge is 2.41. The zero-order chi connectivity index (χ0) is 37.4. The molecule has 6 rings (SSSR count). The third-order valence-corrected chi connectivity index (χ3v) is 9.42. The first-order chi connectivity index (χ1) is 26.0. The predicted molar refractivity (Wildman–Crippen MR) is 215 cm³/mol. The van der Waals surface area contributed by atoms with Crippen molar-refractivity contribution in [1.29, 1.82) is 0 Å². The summed E-state index contributed by atoms with van der Waals surface area (Å²) in [6.07, 6.45) is 0.0382. The van der Waals surface area contributed by atoms with E-state index in [-0.39, 0.29) is 18.7 Å². The highest BCUT2D eigenvalue weighted by atomic mass is 16.4. The molecular formula is C47H49N3O3. The van der Waals surface area contributed by atoms with E-state index in [9.17, 15) is 14.7 Å². The van der Waals surface area contributed by atoms with Gasteiger partial charge in [0.25, 0.3) is 0 Å². The first kappa shape index (κ1) is 38.4. The van der Waals surface area contributed by atoms with Gasteiger partial charge in [0.15, 0.2) is 0 Å². The fourth-order valence-electron chi connectivity index (χ4n) is 6.91. The number of nitrogens with one attached hydrogen (secondary N) is 3. The molecule has 0 aliphatic rings. The van der Waals surface area contributed by atoms with Crippen molar-refractivity contribution < 1.29 is 14.7 Å². The van der Waals surface area contributed by atoms with Gasteiger partial charge in [-0.15, -0.1) is 0 Å². The summed E-state index contributed by atoms with van der Waals surface area (Å²) < 4.78 is 0. The van der Waals surface area contributed by atoms with E-state index >= 15 is 0 Å². The molecule has 0 spiro atoms. The van der Waals surface area contributed by atoms with Crippen LogP contribution in [0, 0.1) is 0 Å². The zero-order valence-corrected chi connectivity index (χ0v) is 30.5. The Labute approximate surface area is 314 Å². The predicted octanol–water partition coefficient (Wildman–Crippen LogP) is 8.53. The molecule has 4 N–H and O–H groups in total. The van der Waals surface area contributed by atoms with Crippen LogP contribution < -0.4 is 16.0 Å². The lowest BCUT2D eigenvalue weighted by Crippen LogP contribution is -2.53. The summed E-state index contributed by atoms with van der Waals surface area (Å²) in [6.45, 7) is 6.39. The highest BCUT2D eigenvalue weighted by Crippen LogP contribution is 2.39. The van der Waals surface area contributed by atoms with Gasteiger partial charge in [-0.3, -0.25) is 14.9 Å². The average Bonchev–Trinajstić information content (AvgIpc) is 3.22. The maximum absolute atomic E-state index is 14.1. The second-order valence-electron chi connectivity index (χ2n) is 12.8. The first-order valence-corrected chi connectivity index (χ1v) is 18.3. The fourth-order valence-corrected chi connectivity index (χ4v) is 6.91. The zero-order valence-electron chi connectivity index (χ0n) is 30.5. The number of benzene rings is 6. The van der Waals surface area contributed by atoms with Crippen molar-refractivity contribution in [2.75, 3.05) is 13.1 Å². The summed E-state index contributed by atoms with van der Waals surface area (Å²) in [6, 6.07) is 58.2. The number of carboxylic acids is 1. The molecule has 0 bridgehead atoms. The van der Waals surface area contributed by atoms with Crippen LogP contribution in [0.3, 0.4) is 0 Å². The van der Waals surface area contributed by atoms with Gasteiger partial charge in [-0.2, -0.15) is 0 Å². The SMILES string of the molecule is CCNCC.O=C(CC[C@H](NC(c1ccccc1)(c1ccccc1)c1ccccc1)C(=O)O)NC(c1ccccc1)(c1ccccc1)c1ccccc1. The van der Waals surface area contributed by atoms with Gasteiger partial charge in [0.05, 0.1) is 5.54 Å². The van der Waals surface area contributed by atoms with E-state index < -0.39 is 23.1 Å². The maximum atomic E-state index is 14.1. The molecule has 0 aromatic heterocycles. The van der Waals surface area contributed by atoms with Crippen molar-refractivity contribution in [1.82, 2.24) is 16.0 Å². The molecule has 270 valence electrons. The van der Waals surface area contributed by atoms with E-state index in [4.69, 9.17) is 0 Å². The first-order valence-electron chi connectivity index (χ1n) is 18.3. The number of rotatable bonds is 15. The Hall–Kier alpha value is -5.82. The summed E-state index contributed by atoms with van der Waals surface area (Å²) in [5.41, 5.74) is 3.41. The molecule has 0 aliphatic heterocycles. The maximum Gasteiger partial charge on any atom is 0.320 e. The molecule has 6 heteroatoms. The van der Waals surface area contributed by atoms with Gasteiger partial charge in [0.2, 0.25) is 5.91 Å². The van der Waals surface area contributed by atoms with E-state index in [1.165, 1.54) is 0 Å². The van der Waals surface area contributed by atoms with Crippen molar-refractivity contribution in [2.45, 2.75) is 43.8 Å². The van der Waals surface area contributed by atoms with Gasteiger partial charge in [0.1, 0.15) is 11.6 Å². The van der Waals surface area contributed by atoms with Gasteiger partial charge in [0, 0.05) is 6.42 Å². The van der Waals surface area contributed by atoms with E-state index in [2.05, 4.69) is 29.8 Å². The summed E-state index contributed by atoms with van der Waals surface area (Å²) in [7, 11) is 0. The minimum absolute atomic E-state index is 0.0212. The monoisotopic (exact) mass is 703 g/mol. The van der Waals surface area contributed by atoms with Crippen LogP contribution >= 0.6 is 0 Å². The van der Waals surface area contributed by atoms with E-state index in [1.54, 1.807) is 0 Å². The van der Waals surface area contributed by atoms with Crippen molar-refractivity contribution in [2.24, 2.45) is 0 Å². The molecule has 53 heavy (non-hydrogen) atoms. The average molecular weight is 704 g/mol. The third kappa shape index (κ3) is 9.16. The molecular weight excluding hydrogens is 655 g/mol. The van der Waals surface area contributed by atoms with Gasteiger partial charge in [-0.1, -0.05) is 196 Å². The Balaban J connectivity index is 0.00000101. The topological polar surface area (TPSA) is 90.5 Å². The van der Waals surface area contributed by atoms with Crippen molar-refractivity contribution in [3.8, 4) is 0 Å². The fraction of sp³-hybridized carbons (Fsp3) is 0.191. The minimum atomic E-state index is -1.06. The summed E-state index contributed by atoms with van der Waals surface area (Å²) >= 11 is 0. The number of amides is 1. The van der Waals surface area contributed by atoms with Crippen LogP contribution in [0.4, 0.5) is 0 Å². The van der Waals surface area contributed by atoms with E-state index in [0.717, 1.165) is 46.5 Å². The van der Waals surface area contributed by atoms with Gasteiger partial charge >= 0.3 is 5.97 Å². The summed E-state index contributed by atoms with van der Waals surface area (Å²) in [5.74, 6) is -1.29. The Bertz CT molecular complexity index is 1760. The summed E-state index contributed by atoms with van der Waals surface area (Å²) in [5, 5.41) is 20.7. The van der Waals surface area contributed by atoms with Crippen LogP contribution in [0.25, 0.3) is 0 Å². The Morgan fingerprint density at radius 2 is 0.774 bits per heavy atom. The molecule has 0 saturated carbocycles. The van der Waals surface area contributed by atoms with Gasteiger partial charge < -0.3 is 15.7 Å². The molecule has 0 fully saturated rings. The Kier molecular flexibility index (Phi) is 13.9. The number of aliphatic carboxylic acids is 1. The van der Waals surface area contributed by atoms with Gasteiger partial charge in [-0.05, 0) is 52.9 Å². The van der Waals surface area contributed by atoms with Crippen molar-refractivity contribution >= 4 is 11.9 Å². The van der Waals surface area contributed by atoms with Crippen LogP contribution in [0.2, 0.25) is 0 Å². The van der Waals surface area contributed by atoms with Crippen LogP contribution in [0.1, 0.15) is 60.1 Å². The van der Waals surface area contributed by atoms with E-state index in [1.807, 2.05) is 182 Å². The Morgan fingerprint density at radius 3 is 1.02 bits per heavy atom. The second kappa shape index (κ2) is 19.1. The minimum Gasteiger partial charge on any atom is -0.480 e. The Morgan fingerprint density at radius 1 is 0.491 bits per heavy atom. The molecule has 0 unspecified atom stereocenters. The van der Waals surface area contributed by atoms with Crippen LogP contribution in [0.15, 0.2) is 182 Å². The lowest BCUT2D eigenvalue weighted by atomic mass is 9.76. The number of carbonyl (C=O) groups excluding carboxylic acids is 1. The quantitative estimate of drug-likeness (QED) is 0.0806. The normalized spacial score (nSPS) is 11.8. The van der Waals surface area contributed by atoms with E-state index in [0.29, 0.717) is 0 Å². The highest BCUT2D eigenvalue weighted by molar-refractivity contribution is 5.81. The smallest absolute Gasteiger partial charge is 0.320 e. The standard InChI is InChI=1S/C43H38N2O3.C4H11N/c46-40(45-43(36-25-13-4-14-26-36,37-27-15-5-16-28-37)38-29-17-6-18-30-38)32-31-39(41(47)48)44-42(33-19-7-1-8-20-33,34-21-9-2-10-22-34)35-23-11-3-12-24-35;1-3-5-4-2/h1-30,39,44H,31-32H2,(H,45,46)(H,47,48);5H,3-4H2,1-2H3/t39-;/m0./s1. The molecule has 0 radical (unpaired) electrons. The van der Waals surface area contributed by atoms with Crippen LogP contribution in [-0.4, -0.2) is 36.1 Å². The number of carbonyl (C=O) groups is 2. The van der Waals surface area contributed by atoms with Crippen LogP contribution in [-0.2, 0) is 20.7 Å². The van der Waals surface area contributed by atoms with Crippen molar-refractivity contribution in [3.05, 3.63) is 215 Å². The molecule has 0 saturated heterocycles. The largest absolute Gasteiger partial charge is 0.480 e. The summed E-state index contributed by atoms with van der Waals surface area (Å²) in [4.78, 5) is 27.2. The molecule has 6 nitrogen and oxygen atoms in total. The number of carboxylic acid groups (broad SMARTS) is 1. The lowest BCUT2D eigenvalue weighted by Gasteiger charge is -2.39. The van der Waals surface area contributed by atoms with Gasteiger partial charge in [-0.25, -0.2) is 0 Å². The molecule has 0 heterocycles. The molecule has 0 aliphatic carbocycles. The second-order valence-corrected chi connectivity index (χ2v) is 12.8. The number of hydrogen-bond donors (Lipinski definition) is 4. The lowest BCUT2D eigenvalue weighted by molar-refractivity contribution is -0.140. The molecule has 1 atom stereocenters. The molecule has 6 aromatic rings. The third-order valence-electron chi connectivity index (χ3n) is 9.42. The molecule has 1 amide bonds.